The third-order valence-corrected chi connectivity index (χ3v) is 2.11. The lowest BCUT2D eigenvalue weighted by Gasteiger charge is -2.14. The Hall–Kier alpha value is -1.40. The van der Waals surface area contributed by atoms with E-state index in [0.717, 1.165) is 0 Å². The Balaban J connectivity index is 3.25. The van der Waals surface area contributed by atoms with Gasteiger partial charge < -0.3 is 14.3 Å². The van der Waals surface area contributed by atoms with Crippen LogP contribution in [0.4, 0.5) is 8.78 Å². The Bertz CT molecular complexity index is 343. The molecule has 0 spiro atoms. The molecule has 2 N–H and O–H groups in total. The van der Waals surface area contributed by atoms with Gasteiger partial charge in [0.05, 0.1) is 20.8 Å². The third-order valence-electron chi connectivity index (χ3n) is 2.11. The summed E-state index contributed by atoms with van der Waals surface area (Å²) in [6.45, 7) is 0.107. The van der Waals surface area contributed by atoms with Crippen molar-refractivity contribution in [2.45, 2.75) is 6.42 Å². The molecule has 0 bridgehead atoms. The van der Waals surface area contributed by atoms with Gasteiger partial charge in [-0.3, -0.25) is 0 Å². The zero-order valence-electron chi connectivity index (χ0n) is 9.05. The van der Waals surface area contributed by atoms with Gasteiger partial charge in [-0.2, -0.15) is 0 Å². The summed E-state index contributed by atoms with van der Waals surface area (Å²) in [6.07, 6.45) is 0.192. The molecule has 0 atom stereocenters. The maximum absolute atomic E-state index is 13.4. The smallest absolute Gasteiger partial charge is 0.168 e. The Morgan fingerprint density at radius 3 is 2.00 bits per heavy atom. The predicted molar refractivity (Wildman–Crippen MR) is 53.3 cm³/mol. The number of benzene rings is 1. The predicted octanol–water partition coefficient (Wildman–Crippen LogP) is 1.41. The van der Waals surface area contributed by atoms with Crippen molar-refractivity contribution in [3.8, 4) is 11.5 Å². The van der Waals surface area contributed by atoms with Crippen LogP contribution in [0.1, 0.15) is 5.56 Å². The highest BCUT2D eigenvalue weighted by atomic mass is 19.1. The largest absolute Gasteiger partial charge is 0.493 e. The van der Waals surface area contributed by atoms with Crippen molar-refractivity contribution >= 4 is 0 Å². The lowest BCUT2D eigenvalue weighted by atomic mass is 10.1. The lowest BCUT2D eigenvalue weighted by molar-refractivity contribution is 0.140. The fraction of sp³-hybridized carbons (Fsp3) is 0.400. The average Bonchev–Trinajstić information content (AvgIpc) is 2.26. The maximum atomic E-state index is 13.4. The van der Waals surface area contributed by atoms with Gasteiger partial charge in [-0.25, -0.2) is 14.7 Å². The summed E-state index contributed by atoms with van der Waals surface area (Å²) in [5.74, 6) is 3.18. The van der Waals surface area contributed by atoms with Crippen LogP contribution in [0.2, 0.25) is 0 Å². The minimum Gasteiger partial charge on any atom is -0.493 e. The maximum Gasteiger partial charge on any atom is 0.168 e. The molecule has 0 radical (unpaired) electrons. The van der Waals surface area contributed by atoms with Crippen LogP contribution in [-0.2, 0) is 11.3 Å². The van der Waals surface area contributed by atoms with Gasteiger partial charge in [0.15, 0.2) is 23.1 Å². The highest BCUT2D eigenvalue weighted by molar-refractivity contribution is 5.47. The molecule has 90 valence electrons. The summed E-state index contributed by atoms with van der Waals surface area (Å²) in [4.78, 5) is 4.37. The molecule has 0 aliphatic heterocycles. The molecule has 1 aromatic carbocycles. The lowest BCUT2D eigenvalue weighted by Crippen LogP contribution is -2.08. The van der Waals surface area contributed by atoms with Gasteiger partial charge >= 0.3 is 0 Å². The number of hydrogen-bond acceptors (Lipinski definition) is 4. The van der Waals surface area contributed by atoms with E-state index in [-0.39, 0.29) is 30.1 Å². The molecular weight excluding hydrogens is 220 g/mol. The first-order valence-corrected chi connectivity index (χ1v) is 4.56. The standard InChI is InChI=1S/C10H13F2NO3/c1-14-9-6(3-4-16-13)10(15-2)8(12)5-7(9)11/h5H,3-4,13H2,1-2H3. The van der Waals surface area contributed by atoms with E-state index in [0.29, 0.717) is 6.07 Å². The minimum absolute atomic E-state index is 0.0599. The topological polar surface area (TPSA) is 53.7 Å². The quantitative estimate of drug-likeness (QED) is 0.781. The molecule has 16 heavy (non-hydrogen) atoms. The first-order valence-electron chi connectivity index (χ1n) is 4.56. The van der Waals surface area contributed by atoms with Crippen molar-refractivity contribution in [2.75, 3.05) is 20.8 Å². The molecule has 1 aromatic rings. The van der Waals surface area contributed by atoms with Gasteiger partial charge in [0.2, 0.25) is 0 Å². The summed E-state index contributed by atoms with van der Waals surface area (Å²) in [7, 11) is 2.59. The van der Waals surface area contributed by atoms with E-state index in [9.17, 15) is 8.78 Å². The number of rotatable bonds is 5. The van der Waals surface area contributed by atoms with Crippen molar-refractivity contribution in [3.05, 3.63) is 23.3 Å². The molecule has 0 unspecified atom stereocenters. The number of nitrogens with two attached hydrogens (primary N) is 1. The molecule has 0 amide bonds. The number of hydrogen-bond donors (Lipinski definition) is 1. The molecule has 0 aromatic heterocycles. The van der Waals surface area contributed by atoms with Crippen LogP contribution >= 0.6 is 0 Å². The Morgan fingerprint density at radius 1 is 1.12 bits per heavy atom. The fourth-order valence-corrected chi connectivity index (χ4v) is 1.46. The van der Waals surface area contributed by atoms with Gasteiger partial charge in [-0.15, -0.1) is 0 Å². The second-order valence-electron chi connectivity index (χ2n) is 3.01. The zero-order valence-corrected chi connectivity index (χ0v) is 9.05. The van der Waals surface area contributed by atoms with Gasteiger partial charge in [0, 0.05) is 18.1 Å². The van der Waals surface area contributed by atoms with Crippen molar-refractivity contribution < 1.29 is 23.1 Å². The fourth-order valence-electron chi connectivity index (χ4n) is 1.46. The van der Waals surface area contributed by atoms with Gasteiger partial charge in [-0.05, 0) is 0 Å². The molecule has 0 aliphatic carbocycles. The van der Waals surface area contributed by atoms with Gasteiger partial charge in [0.1, 0.15) is 0 Å². The Kier molecular flexibility index (Phi) is 4.45. The van der Waals surface area contributed by atoms with E-state index >= 15 is 0 Å². The van der Waals surface area contributed by atoms with E-state index in [2.05, 4.69) is 4.84 Å². The molecule has 0 saturated heterocycles. The van der Waals surface area contributed by atoms with Crippen LogP contribution in [0, 0.1) is 11.6 Å². The molecule has 4 nitrogen and oxygen atoms in total. The molecule has 0 aliphatic rings. The van der Waals surface area contributed by atoms with E-state index in [1.807, 2.05) is 0 Å². The second kappa shape index (κ2) is 5.62. The van der Waals surface area contributed by atoms with Crippen molar-refractivity contribution in [1.82, 2.24) is 0 Å². The van der Waals surface area contributed by atoms with E-state index in [1.54, 1.807) is 0 Å². The van der Waals surface area contributed by atoms with Crippen LogP contribution in [0.5, 0.6) is 11.5 Å². The SMILES string of the molecule is COc1c(F)cc(F)c(OC)c1CCON. The highest BCUT2D eigenvalue weighted by Crippen LogP contribution is 2.34. The van der Waals surface area contributed by atoms with E-state index < -0.39 is 11.6 Å². The normalized spacial score (nSPS) is 10.3. The van der Waals surface area contributed by atoms with Crippen molar-refractivity contribution in [2.24, 2.45) is 5.90 Å². The van der Waals surface area contributed by atoms with Crippen LogP contribution < -0.4 is 15.4 Å². The Morgan fingerprint density at radius 2 is 1.62 bits per heavy atom. The molecule has 0 saturated carbocycles. The molecule has 1 rings (SSSR count). The van der Waals surface area contributed by atoms with E-state index in [4.69, 9.17) is 15.4 Å². The Labute approximate surface area is 91.9 Å². The van der Waals surface area contributed by atoms with Crippen LogP contribution in [0.25, 0.3) is 0 Å². The third kappa shape index (κ3) is 2.40. The van der Waals surface area contributed by atoms with Crippen LogP contribution in [0.15, 0.2) is 6.07 Å². The summed E-state index contributed by atoms with van der Waals surface area (Å²) in [6, 6.07) is 0.713. The average molecular weight is 233 g/mol. The summed E-state index contributed by atoms with van der Waals surface area (Å²) in [5, 5.41) is 0. The van der Waals surface area contributed by atoms with Gasteiger partial charge in [-0.1, -0.05) is 0 Å². The van der Waals surface area contributed by atoms with Crippen LogP contribution in [0.3, 0.4) is 0 Å². The first-order chi connectivity index (χ1) is 7.65. The molecule has 0 heterocycles. The molecular formula is C10H13F2NO3. The summed E-state index contributed by atoms with van der Waals surface area (Å²) >= 11 is 0. The summed E-state index contributed by atoms with van der Waals surface area (Å²) in [5.41, 5.74) is 0.257. The number of methoxy groups -OCH3 is 2. The number of ether oxygens (including phenoxy) is 2. The van der Waals surface area contributed by atoms with E-state index in [1.165, 1.54) is 14.2 Å². The minimum atomic E-state index is -0.784. The number of halogens is 2. The highest BCUT2D eigenvalue weighted by Gasteiger charge is 2.19. The second-order valence-corrected chi connectivity index (χ2v) is 3.01. The first kappa shape index (κ1) is 12.7. The molecule has 6 heteroatoms. The molecule has 0 fully saturated rings. The summed E-state index contributed by atoms with van der Waals surface area (Å²) < 4.78 is 36.4. The zero-order chi connectivity index (χ0) is 12.1. The van der Waals surface area contributed by atoms with Crippen LogP contribution in [-0.4, -0.2) is 20.8 Å². The monoisotopic (exact) mass is 233 g/mol. The van der Waals surface area contributed by atoms with Crippen molar-refractivity contribution in [1.29, 1.82) is 0 Å². The van der Waals surface area contributed by atoms with Gasteiger partial charge in [0.25, 0.3) is 0 Å². The van der Waals surface area contributed by atoms with Crippen molar-refractivity contribution in [3.63, 3.8) is 0 Å².